The summed E-state index contributed by atoms with van der Waals surface area (Å²) in [7, 11) is 0. The Morgan fingerprint density at radius 1 is 1.00 bits per heavy atom. The number of hydrogen-bond acceptors (Lipinski definition) is 3. The van der Waals surface area contributed by atoms with E-state index >= 15 is 0 Å². The molecule has 2 atom stereocenters. The maximum atomic E-state index is 13.1. The van der Waals surface area contributed by atoms with Gasteiger partial charge in [-0.2, -0.15) is 0 Å². The zero-order valence-electron chi connectivity index (χ0n) is 19.4. The monoisotopic (exact) mass is 454 g/mol. The average molecular weight is 455 g/mol. The fraction of sp³-hybridized carbons (Fsp3) is 0.310. The molecule has 34 heavy (non-hydrogen) atoms. The molecule has 1 aliphatic heterocycles. The van der Waals surface area contributed by atoms with E-state index in [1.54, 1.807) is 6.92 Å². The van der Waals surface area contributed by atoms with Crippen molar-refractivity contribution >= 4 is 11.8 Å². The van der Waals surface area contributed by atoms with Crippen molar-refractivity contribution in [1.82, 2.24) is 10.2 Å². The first-order chi connectivity index (χ1) is 16.6. The van der Waals surface area contributed by atoms with Gasteiger partial charge >= 0.3 is 0 Å². The van der Waals surface area contributed by atoms with Gasteiger partial charge in [0, 0.05) is 19.0 Å². The second-order valence-electron chi connectivity index (χ2n) is 9.19. The van der Waals surface area contributed by atoms with Gasteiger partial charge in [-0.1, -0.05) is 66.7 Å². The van der Waals surface area contributed by atoms with Crippen LogP contribution in [-0.4, -0.2) is 29.4 Å². The Balaban J connectivity index is 1.35. The van der Waals surface area contributed by atoms with Crippen LogP contribution in [0.1, 0.15) is 48.1 Å². The molecule has 0 aromatic heterocycles. The Bertz CT molecular complexity index is 1160. The van der Waals surface area contributed by atoms with Gasteiger partial charge in [-0.05, 0) is 60.6 Å². The highest BCUT2D eigenvalue weighted by molar-refractivity contribution is 5.82. The number of ether oxygens (including phenoxy) is 1. The standard InChI is InChI=1S/C29H30N2O3/c1-20(28(32)30-19-21-8-4-2-5-9-21)34-25-15-14-22-16-17-31(29(33)24-12-13-24)27(26(22)18-25)23-10-6-3-7-11-23/h2-11,14-15,18,20,24,27H,12-13,16-17,19H2,1H3,(H,30,32). The lowest BCUT2D eigenvalue weighted by Crippen LogP contribution is -2.41. The molecule has 1 N–H and O–H groups in total. The van der Waals surface area contributed by atoms with Crippen LogP contribution in [-0.2, 0) is 22.6 Å². The molecule has 174 valence electrons. The third-order valence-corrected chi connectivity index (χ3v) is 6.66. The number of carbonyl (C=O) groups is 2. The highest BCUT2D eigenvalue weighted by Gasteiger charge is 2.39. The molecule has 3 aromatic rings. The summed E-state index contributed by atoms with van der Waals surface area (Å²) in [6.07, 6.45) is 2.17. The summed E-state index contributed by atoms with van der Waals surface area (Å²) in [5.74, 6) is 0.898. The predicted octanol–water partition coefficient (Wildman–Crippen LogP) is 4.65. The van der Waals surface area contributed by atoms with Crippen molar-refractivity contribution in [2.45, 2.75) is 44.9 Å². The molecule has 5 heteroatoms. The summed E-state index contributed by atoms with van der Waals surface area (Å²) in [5.41, 5.74) is 4.45. The molecule has 5 nitrogen and oxygen atoms in total. The van der Waals surface area contributed by atoms with Gasteiger partial charge in [-0.15, -0.1) is 0 Å². The Morgan fingerprint density at radius 3 is 2.41 bits per heavy atom. The van der Waals surface area contributed by atoms with Crippen molar-refractivity contribution in [3.63, 3.8) is 0 Å². The molecule has 1 aliphatic carbocycles. The second-order valence-corrected chi connectivity index (χ2v) is 9.19. The van der Waals surface area contributed by atoms with Crippen molar-refractivity contribution in [2.75, 3.05) is 6.54 Å². The first kappa shape index (κ1) is 22.2. The van der Waals surface area contributed by atoms with E-state index in [-0.39, 0.29) is 23.8 Å². The van der Waals surface area contributed by atoms with Crippen LogP contribution in [0.3, 0.4) is 0 Å². The zero-order chi connectivity index (χ0) is 23.5. The number of nitrogens with zero attached hydrogens (tertiary/aromatic N) is 1. The van der Waals surface area contributed by atoms with Crippen molar-refractivity contribution in [2.24, 2.45) is 5.92 Å². The lowest BCUT2D eigenvalue weighted by Gasteiger charge is -2.38. The topological polar surface area (TPSA) is 58.6 Å². The fourth-order valence-corrected chi connectivity index (χ4v) is 4.65. The largest absolute Gasteiger partial charge is 0.481 e. The third-order valence-electron chi connectivity index (χ3n) is 6.66. The number of hydrogen-bond donors (Lipinski definition) is 1. The van der Waals surface area contributed by atoms with Crippen LogP contribution in [0.4, 0.5) is 0 Å². The number of benzene rings is 3. The molecule has 2 unspecified atom stereocenters. The molecule has 2 amide bonds. The van der Waals surface area contributed by atoms with E-state index < -0.39 is 6.10 Å². The summed E-state index contributed by atoms with van der Waals surface area (Å²) >= 11 is 0. The fourth-order valence-electron chi connectivity index (χ4n) is 4.65. The summed E-state index contributed by atoms with van der Waals surface area (Å²) < 4.78 is 6.05. The SMILES string of the molecule is CC(Oc1ccc2c(c1)C(c1ccccc1)N(C(=O)C1CC1)CC2)C(=O)NCc1ccccc1. The van der Waals surface area contributed by atoms with Crippen LogP contribution < -0.4 is 10.1 Å². The maximum absolute atomic E-state index is 13.1. The third kappa shape index (κ3) is 4.84. The van der Waals surface area contributed by atoms with Crippen LogP contribution in [0.25, 0.3) is 0 Å². The highest BCUT2D eigenvalue weighted by Crippen LogP contribution is 2.41. The van der Waals surface area contributed by atoms with E-state index in [9.17, 15) is 9.59 Å². The Kier molecular flexibility index (Phi) is 6.35. The maximum Gasteiger partial charge on any atom is 0.261 e. The van der Waals surface area contributed by atoms with Crippen LogP contribution >= 0.6 is 0 Å². The van der Waals surface area contributed by atoms with Gasteiger partial charge in [-0.25, -0.2) is 0 Å². The van der Waals surface area contributed by atoms with E-state index in [2.05, 4.69) is 23.5 Å². The van der Waals surface area contributed by atoms with Crippen LogP contribution in [0.15, 0.2) is 78.9 Å². The van der Waals surface area contributed by atoms with Crippen LogP contribution in [0.5, 0.6) is 5.75 Å². The van der Waals surface area contributed by atoms with Gasteiger partial charge < -0.3 is 15.0 Å². The van der Waals surface area contributed by atoms with Gasteiger partial charge in [0.05, 0.1) is 6.04 Å². The minimum atomic E-state index is -0.635. The smallest absolute Gasteiger partial charge is 0.261 e. The molecular formula is C29H30N2O3. The molecule has 3 aromatic carbocycles. The molecule has 0 bridgehead atoms. The first-order valence-electron chi connectivity index (χ1n) is 12.1. The van der Waals surface area contributed by atoms with E-state index in [0.717, 1.165) is 42.5 Å². The summed E-state index contributed by atoms with van der Waals surface area (Å²) in [6.45, 7) is 2.95. The number of nitrogens with one attached hydrogen (secondary N) is 1. The highest BCUT2D eigenvalue weighted by atomic mass is 16.5. The molecule has 1 saturated carbocycles. The minimum absolute atomic E-state index is 0.135. The lowest BCUT2D eigenvalue weighted by molar-refractivity contribution is -0.134. The Hall–Kier alpha value is -3.60. The summed E-state index contributed by atoms with van der Waals surface area (Å²) in [4.78, 5) is 27.8. The summed E-state index contributed by atoms with van der Waals surface area (Å²) in [5, 5.41) is 2.94. The summed E-state index contributed by atoms with van der Waals surface area (Å²) in [6, 6.07) is 25.9. The zero-order valence-corrected chi connectivity index (χ0v) is 19.4. The van der Waals surface area contributed by atoms with Crippen molar-refractivity contribution in [3.8, 4) is 5.75 Å². The number of rotatable bonds is 7. The van der Waals surface area contributed by atoms with Gasteiger partial charge in [0.2, 0.25) is 5.91 Å². The van der Waals surface area contributed by atoms with E-state index in [4.69, 9.17) is 4.74 Å². The van der Waals surface area contributed by atoms with Gasteiger partial charge in [0.1, 0.15) is 5.75 Å². The molecule has 5 rings (SSSR count). The normalized spacial score (nSPS) is 18.0. The minimum Gasteiger partial charge on any atom is -0.481 e. The quantitative estimate of drug-likeness (QED) is 0.565. The van der Waals surface area contributed by atoms with Gasteiger partial charge in [0.25, 0.3) is 5.91 Å². The molecule has 0 radical (unpaired) electrons. The Morgan fingerprint density at radius 2 is 1.71 bits per heavy atom. The van der Waals surface area contributed by atoms with E-state index in [1.165, 1.54) is 5.56 Å². The van der Waals surface area contributed by atoms with Crippen molar-refractivity contribution in [3.05, 3.63) is 101 Å². The number of fused-ring (bicyclic) bond motifs is 1. The Labute approximate surface area is 200 Å². The predicted molar refractivity (Wildman–Crippen MR) is 131 cm³/mol. The van der Waals surface area contributed by atoms with Crippen molar-refractivity contribution in [1.29, 1.82) is 0 Å². The molecule has 2 aliphatic rings. The van der Waals surface area contributed by atoms with E-state index in [1.807, 2.05) is 65.6 Å². The second kappa shape index (κ2) is 9.72. The molecular weight excluding hydrogens is 424 g/mol. The number of amides is 2. The van der Waals surface area contributed by atoms with Crippen LogP contribution in [0.2, 0.25) is 0 Å². The number of carbonyl (C=O) groups excluding carboxylic acids is 2. The molecule has 1 heterocycles. The lowest BCUT2D eigenvalue weighted by atomic mass is 9.87. The van der Waals surface area contributed by atoms with E-state index in [0.29, 0.717) is 12.3 Å². The molecule has 0 saturated heterocycles. The first-order valence-corrected chi connectivity index (χ1v) is 12.1. The van der Waals surface area contributed by atoms with Gasteiger partial charge in [0.15, 0.2) is 6.10 Å². The molecule has 1 fully saturated rings. The molecule has 0 spiro atoms. The van der Waals surface area contributed by atoms with Crippen molar-refractivity contribution < 1.29 is 14.3 Å². The van der Waals surface area contributed by atoms with Crippen LogP contribution in [0, 0.1) is 5.92 Å². The average Bonchev–Trinajstić information content (AvgIpc) is 3.73. The van der Waals surface area contributed by atoms with Gasteiger partial charge in [-0.3, -0.25) is 9.59 Å².